The van der Waals surface area contributed by atoms with Crippen LogP contribution in [0.3, 0.4) is 0 Å². The molecular formula is C16H27NO. The maximum atomic E-state index is 6.19. The average molecular weight is 249 g/mol. The van der Waals surface area contributed by atoms with Gasteiger partial charge in [0.25, 0.3) is 0 Å². The quantitative estimate of drug-likeness (QED) is 0.806. The van der Waals surface area contributed by atoms with E-state index in [0.29, 0.717) is 12.0 Å². The SMILES string of the molecule is Cc1ccc(C)c(C(N)COCCC(C)(C)C)c1. The highest BCUT2D eigenvalue weighted by atomic mass is 16.5. The molecule has 0 aliphatic rings. The fourth-order valence-corrected chi connectivity index (χ4v) is 1.84. The molecule has 0 saturated carbocycles. The summed E-state index contributed by atoms with van der Waals surface area (Å²) in [7, 11) is 0. The molecule has 0 aliphatic carbocycles. The van der Waals surface area contributed by atoms with Gasteiger partial charge in [-0.05, 0) is 36.8 Å². The lowest BCUT2D eigenvalue weighted by Gasteiger charge is -2.20. The molecular weight excluding hydrogens is 222 g/mol. The number of hydrogen-bond donors (Lipinski definition) is 1. The van der Waals surface area contributed by atoms with Crippen molar-refractivity contribution in [1.82, 2.24) is 0 Å². The molecule has 0 bridgehead atoms. The molecule has 0 radical (unpaired) electrons. The van der Waals surface area contributed by atoms with Crippen LogP contribution in [0.4, 0.5) is 0 Å². The highest BCUT2D eigenvalue weighted by molar-refractivity contribution is 5.32. The van der Waals surface area contributed by atoms with Gasteiger partial charge in [0.1, 0.15) is 0 Å². The van der Waals surface area contributed by atoms with Crippen molar-refractivity contribution in [2.45, 2.75) is 47.1 Å². The predicted molar refractivity (Wildman–Crippen MR) is 77.7 cm³/mol. The van der Waals surface area contributed by atoms with Crippen molar-refractivity contribution in [3.8, 4) is 0 Å². The smallest absolute Gasteiger partial charge is 0.0659 e. The minimum absolute atomic E-state index is 0.0233. The van der Waals surface area contributed by atoms with Gasteiger partial charge in [-0.25, -0.2) is 0 Å². The minimum atomic E-state index is -0.0233. The fraction of sp³-hybridized carbons (Fsp3) is 0.625. The van der Waals surface area contributed by atoms with E-state index in [9.17, 15) is 0 Å². The Morgan fingerprint density at radius 3 is 2.50 bits per heavy atom. The molecule has 1 unspecified atom stereocenters. The second kappa shape index (κ2) is 6.35. The van der Waals surface area contributed by atoms with E-state index in [1.165, 1.54) is 16.7 Å². The summed E-state index contributed by atoms with van der Waals surface area (Å²) in [4.78, 5) is 0. The molecule has 0 fully saturated rings. The number of hydrogen-bond acceptors (Lipinski definition) is 2. The van der Waals surface area contributed by atoms with Crippen LogP contribution < -0.4 is 5.73 Å². The zero-order valence-electron chi connectivity index (χ0n) is 12.4. The van der Waals surface area contributed by atoms with Crippen molar-refractivity contribution in [1.29, 1.82) is 0 Å². The molecule has 1 aromatic rings. The summed E-state index contributed by atoms with van der Waals surface area (Å²) in [6, 6.07) is 6.38. The summed E-state index contributed by atoms with van der Waals surface area (Å²) in [6.07, 6.45) is 1.06. The van der Waals surface area contributed by atoms with E-state index in [1.54, 1.807) is 0 Å². The highest BCUT2D eigenvalue weighted by Crippen LogP contribution is 2.20. The molecule has 2 nitrogen and oxygen atoms in total. The molecule has 0 heterocycles. The molecule has 0 aromatic heterocycles. The Morgan fingerprint density at radius 2 is 1.89 bits per heavy atom. The Kier molecular flexibility index (Phi) is 5.36. The van der Waals surface area contributed by atoms with Crippen molar-refractivity contribution < 1.29 is 4.74 Å². The molecule has 102 valence electrons. The molecule has 0 aliphatic heterocycles. The van der Waals surface area contributed by atoms with E-state index in [0.717, 1.165) is 13.0 Å². The molecule has 0 amide bonds. The average Bonchev–Trinajstić information content (AvgIpc) is 2.26. The predicted octanol–water partition coefficient (Wildman–Crippen LogP) is 3.76. The van der Waals surface area contributed by atoms with Crippen molar-refractivity contribution in [3.63, 3.8) is 0 Å². The first kappa shape index (κ1) is 15.2. The van der Waals surface area contributed by atoms with E-state index in [-0.39, 0.29) is 6.04 Å². The van der Waals surface area contributed by atoms with Crippen LogP contribution in [0.25, 0.3) is 0 Å². The second-order valence-electron chi connectivity index (χ2n) is 6.35. The van der Waals surface area contributed by atoms with Crippen LogP contribution in [-0.2, 0) is 4.74 Å². The molecule has 1 atom stereocenters. The van der Waals surface area contributed by atoms with Gasteiger partial charge in [0.2, 0.25) is 0 Å². The standard InChI is InChI=1S/C16H27NO/c1-12-6-7-13(2)14(10-12)15(17)11-18-9-8-16(3,4)5/h6-7,10,15H,8-9,11,17H2,1-5H3. The van der Waals surface area contributed by atoms with Gasteiger partial charge in [0, 0.05) is 6.61 Å². The van der Waals surface area contributed by atoms with E-state index in [1.807, 2.05) is 0 Å². The van der Waals surface area contributed by atoms with Crippen LogP contribution in [0.5, 0.6) is 0 Å². The number of nitrogens with two attached hydrogens (primary N) is 1. The fourth-order valence-electron chi connectivity index (χ4n) is 1.84. The number of ether oxygens (including phenoxy) is 1. The third kappa shape index (κ3) is 5.19. The van der Waals surface area contributed by atoms with Crippen LogP contribution in [0, 0.1) is 19.3 Å². The van der Waals surface area contributed by atoms with Gasteiger partial charge in [0.05, 0.1) is 12.6 Å². The Morgan fingerprint density at radius 1 is 1.22 bits per heavy atom. The monoisotopic (exact) mass is 249 g/mol. The number of rotatable bonds is 5. The normalized spacial score (nSPS) is 13.7. The van der Waals surface area contributed by atoms with Crippen LogP contribution in [0.1, 0.15) is 49.9 Å². The van der Waals surface area contributed by atoms with Crippen molar-refractivity contribution in [3.05, 3.63) is 34.9 Å². The number of aryl methyl sites for hydroxylation is 2. The Hall–Kier alpha value is -0.860. The first-order chi connectivity index (χ1) is 8.29. The topological polar surface area (TPSA) is 35.2 Å². The van der Waals surface area contributed by atoms with Gasteiger partial charge < -0.3 is 10.5 Å². The third-order valence-electron chi connectivity index (χ3n) is 3.13. The van der Waals surface area contributed by atoms with Crippen molar-refractivity contribution >= 4 is 0 Å². The van der Waals surface area contributed by atoms with E-state index < -0.39 is 0 Å². The zero-order valence-corrected chi connectivity index (χ0v) is 12.4. The number of benzene rings is 1. The van der Waals surface area contributed by atoms with Gasteiger partial charge in [-0.3, -0.25) is 0 Å². The highest BCUT2D eigenvalue weighted by Gasteiger charge is 2.12. The van der Waals surface area contributed by atoms with Crippen LogP contribution in [-0.4, -0.2) is 13.2 Å². The lowest BCUT2D eigenvalue weighted by atomic mass is 9.93. The zero-order chi connectivity index (χ0) is 13.8. The molecule has 2 heteroatoms. The van der Waals surface area contributed by atoms with Crippen LogP contribution in [0.2, 0.25) is 0 Å². The summed E-state index contributed by atoms with van der Waals surface area (Å²) in [5.74, 6) is 0. The minimum Gasteiger partial charge on any atom is -0.379 e. The largest absolute Gasteiger partial charge is 0.379 e. The summed E-state index contributed by atoms with van der Waals surface area (Å²) < 4.78 is 5.70. The van der Waals surface area contributed by atoms with Crippen LogP contribution in [0.15, 0.2) is 18.2 Å². The Labute approximate surface area is 112 Å². The first-order valence-corrected chi connectivity index (χ1v) is 6.70. The Balaban J connectivity index is 2.45. The van der Waals surface area contributed by atoms with Gasteiger partial charge >= 0.3 is 0 Å². The molecule has 0 saturated heterocycles. The summed E-state index contributed by atoms with van der Waals surface area (Å²) in [5.41, 5.74) is 10.2. The van der Waals surface area contributed by atoms with Crippen LogP contribution >= 0.6 is 0 Å². The first-order valence-electron chi connectivity index (χ1n) is 6.70. The van der Waals surface area contributed by atoms with Gasteiger partial charge in [-0.15, -0.1) is 0 Å². The van der Waals surface area contributed by atoms with E-state index >= 15 is 0 Å². The molecule has 1 rings (SSSR count). The summed E-state index contributed by atoms with van der Waals surface area (Å²) in [5, 5.41) is 0. The lowest BCUT2D eigenvalue weighted by molar-refractivity contribution is 0.0973. The van der Waals surface area contributed by atoms with Crippen molar-refractivity contribution in [2.75, 3.05) is 13.2 Å². The molecule has 2 N–H and O–H groups in total. The van der Waals surface area contributed by atoms with E-state index in [2.05, 4.69) is 52.8 Å². The summed E-state index contributed by atoms with van der Waals surface area (Å²) in [6.45, 7) is 12.2. The van der Waals surface area contributed by atoms with Crippen molar-refractivity contribution in [2.24, 2.45) is 11.1 Å². The lowest BCUT2D eigenvalue weighted by Crippen LogP contribution is -2.20. The molecule has 1 aromatic carbocycles. The maximum Gasteiger partial charge on any atom is 0.0659 e. The molecule has 0 spiro atoms. The van der Waals surface area contributed by atoms with Gasteiger partial charge in [0.15, 0.2) is 0 Å². The second-order valence-corrected chi connectivity index (χ2v) is 6.35. The van der Waals surface area contributed by atoms with Gasteiger partial charge in [-0.1, -0.05) is 44.5 Å². The molecule has 18 heavy (non-hydrogen) atoms. The van der Waals surface area contributed by atoms with E-state index in [4.69, 9.17) is 10.5 Å². The summed E-state index contributed by atoms with van der Waals surface area (Å²) >= 11 is 0. The maximum absolute atomic E-state index is 6.19. The third-order valence-corrected chi connectivity index (χ3v) is 3.13. The van der Waals surface area contributed by atoms with Gasteiger partial charge in [-0.2, -0.15) is 0 Å². The Bertz CT molecular complexity index is 379.